The monoisotopic (exact) mass is 446 g/mol. The highest BCUT2D eigenvalue weighted by atomic mass is 32.1. The molecule has 4 aromatic rings. The van der Waals surface area contributed by atoms with Gasteiger partial charge in [0.15, 0.2) is 5.82 Å². The van der Waals surface area contributed by atoms with Crippen LogP contribution in [-0.2, 0) is 11.3 Å². The summed E-state index contributed by atoms with van der Waals surface area (Å²) in [5.41, 5.74) is 1.09. The Kier molecular flexibility index (Phi) is 5.06. The molecule has 0 unspecified atom stereocenters. The SMILES string of the molecule is FC(F)(F)Cn1cnc([C@H]2COCCN2c2ncnc3sc(-c4ccccc4)cc23)n1. The zero-order valence-corrected chi connectivity index (χ0v) is 17.0. The second-order valence-corrected chi connectivity index (χ2v) is 8.12. The number of morpholine rings is 1. The van der Waals surface area contributed by atoms with Gasteiger partial charge in [0.05, 0.1) is 18.6 Å². The Hall–Kier alpha value is -3.05. The van der Waals surface area contributed by atoms with E-state index in [2.05, 4.69) is 20.1 Å². The fraction of sp³-hybridized carbons (Fsp3) is 0.300. The quantitative estimate of drug-likeness (QED) is 0.470. The van der Waals surface area contributed by atoms with Crippen molar-refractivity contribution in [2.24, 2.45) is 0 Å². The van der Waals surface area contributed by atoms with Crippen molar-refractivity contribution in [2.75, 3.05) is 24.7 Å². The van der Waals surface area contributed by atoms with Crippen LogP contribution < -0.4 is 4.90 Å². The molecule has 7 nitrogen and oxygen atoms in total. The van der Waals surface area contributed by atoms with Crippen molar-refractivity contribution in [1.29, 1.82) is 0 Å². The van der Waals surface area contributed by atoms with Crippen molar-refractivity contribution in [3.8, 4) is 10.4 Å². The minimum absolute atomic E-state index is 0.261. The summed E-state index contributed by atoms with van der Waals surface area (Å²) in [7, 11) is 0. The van der Waals surface area contributed by atoms with E-state index in [0.717, 1.165) is 31.7 Å². The van der Waals surface area contributed by atoms with E-state index < -0.39 is 18.8 Å². The Balaban J connectivity index is 1.51. The summed E-state index contributed by atoms with van der Waals surface area (Å²) in [4.78, 5) is 16.9. The normalized spacial score (nSPS) is 17.4. The van der Waals surface area contributed by atoms with Crippen molar-refractivity contribution in [1.82, 2.24) is 24.7 Å². The molecular weight excluding hydrogens is 429 g/mol. The van der Waals surface area contributed by atoms with Crippen LogP contribution in [0.15, 0.2) is 49.1 Å². The van der Waals surface area contributed by atoms with Crippen LogP contribution in [0.2, 0.25) is 0 Å². The second-order valence-electron chi connectivity index (χ2n) is 7.09. The number of hydrogen-bond donors (Lipinski definition) is 0. The maximum atomic E-state index is 12.7. The first-order chi connectivity index (χ1) is 15.0. The molecule has 0 radical (unpaired) electrons. The predicted molar refractivity (Wildman–Crippen MR) is 110 cm³/mol. The topological polar surface area (TPSA) is 69.0 Å². The van der Waals surface area contributed by atoms with Crippen molar-refractivity contribution in [3.05, 3.63) is 54.9 Å². The van der Waals surface area contributed by atoms with E-state index in [9.17, 15) is 13.2 Å². The smallest absolute Gasteiger partial charge is 0.377 e. The molecule has 0 N–H and O–H groups in total. The van der Waals surface area contributed by atoms with Crippen LogP contribution in [0.4, 0.5) is 19.0 Å². The molecule has 1 aliphatic heterocycles. The predicted octanol–water partition coefficient (Wildman–Crippen LogP) is 4.09. The molecule has 1 atom stereocenters. The Morgan fingerprint density at radius 3 is 2.77 bits per heavy atom. The molecule has 11 heteroatoms. The van der Waals surface area contributed by atoms with E-state index in [1.165, 1.54) is 6.33 Å². The average molecular weight is 446 g/mol. The van der Waals surface area contributed by atoms with Crippen LogP contribution in [-0.4, -0.2) is 50.7 Å². The number of anilines is 1. The average Bonchev–Trinajstić information content (AvgIpc) is 3.40. The molecular formula is C20H17F3N6OS. The van der Waals surface area contributed by atoms with Gasteiger partial charge in [0, 0.05) is 11.4 Å². The Morgan fingerprint density at radius 1 is 1.13 bits per heavy atom. The van der Waals surface area contributed by atoms with Crippen molar-refractivity contribution in [3.63, 3.8) is 0 Å². The molecule has 5 rings (SSSR count). The first-order valence-electron chi connectivity index (χ1n) is 9.58. The number of ether oxygens (including phenoxy) is 1. The van der Waals surface area contributed by atoms with Gasteiger partial charge in [0.2, 0.25) is 0 Å². The van der Waals surface area contributed by atoms with Gasteiger partial charge in [-0.2, -0.15) is 18.3 Å². The maximum Gasteiger partial charge on any atom is 0.408 e. The van der Waals surface area contributed by atoms with Gasteiger partial charge in [-0.3, -0.25) is 0 Å². The van der Waals surface area contributed by atoms with E-state index in [-0.39, 0.29) is 12.4 Å². The third-order valence-corrected chi connectivity index (χ3v) is 6.05. The number of rotatable bonds is 4. The second kappa shape index (κ2) is 7.89. The molecule has 4 heterocycles. The maximum absolute atomic E-state index is 12.7. The molecule has 1 fully saturated rings. The van der Waals surface area contributed by atoms with Gasteiger partial charge in [0.1, 0.15) is 35.9 Å². The number of halogens is 3. The minimum atomic E-state index is -4.36. The standard InChI is InChI=1S/C20H17F3N6OS/c21-20(22,23)10-28-12-26-17(27-28)15-9-30-7-6-29(15)18-14-8-16(13-4-2-1-3-5-13)31-19(14)25-11-24-18/h1-5,8,11-12,15H,6-7,9-10H2/t15-/m1/s1. The first kappa shape index (κ1) is 19.9. The third-order valence-electron chi connectivity index (χ3n) is 4.96. The lowest BCUT2D eigenvalue weighted by atomic mass is 10.1. The largest absolute Gasteiger partial charge is 0.408 e. The Bertz CT molecular complexity index is 1190. The molecule has 3 aromatic heterocycles. The first-order valence-corrected chi connectivity index (χ1v) is 10.4. The summed E-state index contributed by atoms with van der Waals surface area (Å²) in [6.07, 6.45) is -1.76. The van der Waals surface area contributed by atoms with Crippen LogP contribution in [0, 0.1) is 0 Å². The zero-order chi connectivity index (χ0) is 21.4. The number of benzene rings is 1. The Morgan fingerprint density at radius 2 is 1.97 bits per heavy atom. The number of aromatic nitrogens is 5. The third kappa shape index (κ3) is 4.10. The van der Waals surface area contributed by atoms with E-state index >= 15 is 0 Å². The van der Waals surface area contributed by atoms with Crippen LogP contribution in [0.3, 0.4) is 0 Å². The molecule has 1 aliphatic rings. The summed E-state index contributed by atoms with van der Waals surface area (Å²) >= 11 is 1.57. The summed E-state index contributed by atoms with van der Waals surface area (Å²) in [6.45, 7) is 0.0650. The molecule has 31 heavy (non-hydrogen) atoms. The molecule has 0 bridgehead atoms. The van der Waals surface area contributed by atoms with E-state index in [1.807, 2.05) is 41.3 Å². The molecule has 0 aliphatic carbocycles. The van der Waals surface area contributed by atoms with Gasteiger partial charge in [-0.05, 0) is 11.6 Å². The lowest BCUT2D eigenvalue weighted by Gasteiger charge is -2.35. The zero-order valence-electron chi connectivity index (χ0n) is 16.2. The van der Waals surface area contributed by atoms with Crippen molar-refractivity contribution in [2.45, 2.75) is 18.8 Å². The minimum Gasteiger partial charge on any atom is -0.377 e. The van der Waals surface area contributed by atoms with E-state index in [1.54, 1.807) is 11.3 Å². The highest BCUT2D eigenvalue weighted by molar-refractivity contribution is 7.21. The van der Waals surface area contributed by atoms with Crippen LogP contribution in [0.25, 0.3) is 20.7 Å². The summed E-state index contributed by atoms with van der Waals surface area (Å²) in [5.74, 6) is 0.970. The number of thiophene rings is 1. The van der Waals surface area contributed by atoms with Crippen LogP contribution in [0.5, 0.6) is 0 Å². The molecule has 0 saturated carbocycles. The van der Waals surface area contributed by atoms with Crippen LogP contribution >= 0.6 is 11.3 Å². The van der Waals surface area contributed by atoms with Crippen molar-refractivity contribution >= 4 is 27.4 Å². The lowest BCUT2D eigenvalue weighted by molar-refractivity contribution is -0.142. The molecule has 0 spiro atoms. The van der Waals surface area contributed by atoms with Gasteiger partial charge in [0.25, 0.3) is 0 Å². The van der Waals surface area contributed by atoms with E-state index in [4.69, 9.17) is 4.74 Å². The van der Waals surface area contributed by atoms with Crippen molar-refractivity contribution < 1.29 is 17.9 Å². The molecule has 1 saturated heterocycles. The fourth-order valence-electron chi connectivity index (χ4n) is 3.61. The number of hydrogen-bond acceptors (Lipinski definition) is 7. The molecule has 0 amide bonds. The van der Waals surface area contributed by atoms with Crippen LogP contribution in [0.1, 0.15) is 11.9 Å². The number of alkyl halides is 3. The van der Waals surface area contributed by atoms with Gasteiger partial charge in [-0.15, -0.1) is 11.3 Å². The van der Waals surface area contributed by atoms with Gasteiger partial charge < -0.3 is 9.64 Å². The highest BCUT2D eigenvalue weighted by Gasteiger charge is 2.33. The number of nitrogens with zero attached hydrogens (tertiary/aromatic N) is 6. The molecule has 160 valence electrons. The van der Waals surface area contributed by atoms with E-state index in [0.29, 0.717) is 19.0 Å². The Labute approximate surface area is 179 Å². The summed E-state index contributed by atoms with van der Waals surface area (Å²) in [5, 5.41) is 4.93. The summed E-state index contributed by atoms with van der Waals surface area (Å²) < 4.78 is 44.5. The van der Waals surface area contributed by atoms with Gasteiger partial charge in [-0.1, -0.05) is 30.3 Å². The van der Waals surface area contributed by atoms with Gasteiger partial charge >= 0.3 is 6.18 Å². The highest BCUT2D eigenvalue weighted by Crippen LogP contribution is 2.38. The summed E-state index contributed by atoms with van der Waals surface area (Å²) in [6, 6.07) is 11.6. The lowest BCUT2D eigenvalue weighted by Crippen LogP contribution is -2.40. The fourth-order valence-corrected chi connectivity index (χ4v) is 4.61. The van der Waals surface area contributed by atoms with Gasteiger partial charge in [-0.25, -0.2) is 19.6 Å². The number of fused-ring (bicyclic) bond motifs is 1. The molecule has 1 aromatic carbocycles.